The number of hydrogen-bond donors (Lipinski definition) is 0. The molecule has 0 aliphatic carbocycles. The summed E-state index contributed by atoms with van der Waals surface area (Å²) in [6, 6.07) is 10.3. The number of hydrogen-bond acceptors (Lipinski definition) is 1. The summed E-state index contributed by atoms with van der Waals surface area (Å²) in [6.07, 6.45) is 0. The van der Waals surface area contributed by atoms with Crippen molar-refractivity contribution in [2.45, 2.75) is 13.8 Å². The van der Waals surface area contributed by atoms with Crippen molar-refractivity contribution in [2.24, 2.45) is 0 Å². The third-order valence-electron chi connectivity index (χ3n) is 1.52. The van der Waals surface area contributed by atoms with E-state index in [0.29, 0.717) is 0 Å². The zero-order valence-electron chi connectivity index (χ0n) is 8.83. The maximum absolute atomic E-state index is 2.68. The first-order valence-electron chi connectivity index (χ1n) is 4.28. The summed E-state index contributed by atoms with van der Waals surface area (Å²) in [5, 5.41) is 0. The van der Waals surface area contributed by atoms with Gasteiger partial charge in [0.2, 0.25) is 0 Å². The van der Waals surface area contributed by atoms with Gasteiger partial charge in [0.05, 0.1) is 0 Å². The minimum Gasteiger partial charge on any atom is -0.378 e. The van der Waals surface area contributed by atoms with Crippen molar-refractivity contribution in [3.8, 4) is 11.8 Å². The SMILES string of the molecule is CC#CC.CN(C)c1ccccc1. The lowest BCUT2D eigenvalue weighted by Crippen LogP contribution is -2.07. The van der Waals surface area contributed by atoms with Gasteiger partial charge in [0.1, 0.15) is 0 Å². The van der Waals surface area contributed by atoms with Crippen LogP contribution in [0.4, 0.5) is 5.69 Å². The van der Waals surface area contributed by atoms with E-state index in [0.717, 1.165) is 0 Å². The van der Waals surface area contributed by atoms with Gasteiger partial charge in [-0.25, -0.2) is 0 Å². The highest BCUT2D eigenvalue weighted by Gasteiger charge is 1.87. The quantitative estimate of drug-likeness (QED) is 0.593. The van der Waals surface area contributed by atoms with Gasteiger partial charge in [0.25, 0.3) is 0 Å². The van der Waals surface area contributed by atoms with Crippen LogP contribution in [0.1, 0.15) is 13.8 Å². The Labute approximate surface area is 81.4 Å². The summed E-state index contributed by atoms with van der Waals surface area (Å²) >= 11 is 0. The first-order valence-corrected chi connectivity index (χ1v) is 4.28. The average Bonchev–Trinajstić information content (AvgIpc) is 2.19. The Morgan fingerprint density at radius 1 is 0.923 bits per heavy atom. The molecule has 0 N–H and O–H groups in total. The highest BCUT2D eigenvalue weighted by molar-refractivity contribution is 5.43. The summed E-state index contributed by atoms with van der Waals surface area (Å²) in [4.78, 5) is 2.08. The van der Waals surface area contributed by atoms with Gasteiger partial charge in [-0.15, -0.1) is 11.8 Å². The predicted octanol–water partition coefficient (Wildman–Crippen LogP) is 2.78. The lowest BCUT2D eigenvalue weighted by molar-refractivity contribution is 1.13. The Kier molecular flexibility index (Phi) is 6.45. The van der Waals surface area contributed by atoms with E-state index in [2.05, 4.69) is 28.9 Å². The molecular formula is C12H17N. The van der Waals surface area contributed by atoms with Crippen molar-refractivity contribution in [2.75, 3.05) is 19.0 Å². The van der Waals surface area contributed by atoms with Crippen LogP contribution in [0.25, 0.3) is 0 Å². The summed E-state index contributed by atoms with van der Waals surface area (Å²) in [7, 11) is 4.07. The van der Waals surface area contributed by atoms with Crippen LogP contribution in [-0.2, 0) is 0 Å². The predicted molar refractivity (Wildman–Crippen MR) is 59.9 cm³/mol. The van der Waals surface area contributed by atoms with Gasteiger partial charge >= 0.3 is 0 Å². The van der Waals surface area contributed by atoms with Crippen LogP contribution in [0, 0.1) is 11.8 Å². The molecule has 0 aliphatic heterocycles. The van der Waals surface area contributed by atoms with E-state index in [-0.39, 0.29) is 0 Å². The first-order chi connectivity index (χ1) is 6.22. The summed E-state index contributed by atoms with van der Waals surface area (Å²) in [5.74, 6) is 5.36. The molecule has 0 saturated carbocycles. The molecule has 1 nitrogen and oxygen atoms in total. The number of para-hydroxylation sites is 1. The highest BCUT2D eigenvalue weighted by atomic mass is 15.1. The minimum atomic E-state index is 1.25. The molecule has 1 heteroatoms. The average molecular weight is 175 g/mol. The van der Waals surface area contributed by atoms with E-state index < -0.39 is 0 Å². The second kappa shape index (κ2) is 7.24. The molecule has 0 saturated heterocycles. The van der Waals surface area contributed by atoms with Gasteiger partial charge < -0.3 is 4.90 Å². The molecule has 1 rings (SSSR count). The largest absolute Gasteiger partial charge is 0.378 e. The molecule has 1 aromatic rings. The molecule has 0 heterocycles. The van der Waals surface area contributed by atoms with Gasteiger partial charge in [-0.1, -0.05) is 18.2 Å². The molecule has 0 unspecified atom stereocenters. The molecule has 70 valence electrons. The molecule has 0 fully saturated rings. The third-order valence-corrected chi connectivity index (χ3v) is 1.52. The van der Waals surface area contributed by atoms with E-state index in [1.165, 1.54) is 5.69 Å². The molecule has 13 heavy (non-hydrogen) atoms. The van der Waals surface area contributed by atoms with Crippen LogP contribution >= 0.6 is 0 Å². The van der Waals surface area contributed by atoms with Crippen molar-refractivity contribution in [1.82, 2.24) is 0 Å². The Morgan fingerprint density at radius 3 is 1.62 bits per heavy atom. The molecule has 0 amide bonds. The van der Waals surface area contributed by atoms with Crippen molar-refractivity contribution in [1.29, 1.82) is 0 Å². The van der Waals surface area contributed by atoms with Gasteiger partial charge in [-0.05, 0) is 26.0 Å². The van der Waals surface area contributed by atoms with Gasteiger partial charge in [-0.2, -0.15) is 0 Å². The third kappa shape index (κ3) is 5.81. The zero-order valence-corrected chi connectivity index (χ0v) is 8.83. The molecule has 0 aliphatic rings. The molecule has 0 atom stereocenters. The van der Waals surface area contributed by atoms with Crippen LogP contribution in [0.5, 0.6) is 0 Å². The minimum absolute atomic E-state index is 1.25. The van der Waals surface area contributed by atoms with Crippen molar-refractivity contribution in [3.05, 3.63) is 30.3 Å². The molecule has 0 spiro atoms. The highest BCUT2D eigenvalue weighted by Crippen LogP contribution is 2.07. The number of anilines is 1. The van der Waals surface area contributed by atoms with E-state index in [1.54, 1.807) is 0 Å². The molecule has 0 aromatic heterocycles. The Hall–Kier alpha value is -1.42. The summed E-state index contributed by atoms with van der Waals surface area (Å²) in [5.41, 5.74) is 1.25. The monoisotopic (exact) mass is 175 g/mol. The van der Waals surface area contributed by atoms with Gasteiger partial charge in [0, 0.05) is 19.8 Å². The molecule has 0 radical (unpaired) electrons. The molecule has 0 bridgehead atoms. The molecular weight excluding hydrogens is 158 g/mol. The van der Waals surface area contributed by atoms with Crippen LogP contribution in [0.2, 0.25) is 0 Å². The van der Waals surface area contributed by atoms with Gasteiger partial charge in [-0.3, -0.25) is 0 Å². The zero-order chi connectivity index (χ0) is 10.1. The summed E-state index contributed by atoms with van der Waals surface area (Å²) in [6.45, 7) is 3.64. The van der Waals surface area contributed by atoms with Crippen molar-refractivity contribution >= 4 is 5.69 Å². The van der Waals surface area contributed by atoms with E-state index in [1.807, 2.05) is 46.1 Å². The lowest BCUT2D eigenvalue weighted by atomic mass is 10.3. The lowest BCUT2D eigenvalue weighted by Gasteiger charge is -2.10. The fourth-order valence-corrected chi connectivity index (χ4v) is 0.726. The fourth-order valence-electron chi connectivity index (χ4n) is 0.726. The summed E-state index contributed by atoms with van der Waals surface area (Å²) < 4.78 is 0. The van der Waals surface area contributed by atoms with Crippen LogP contribution < -0.4 is 4.90 Å². The molecule has 1 aromatic carbocycles. The normalized spacial score (nSPS) is 7.38. The van der Waals surface area contributed by atoms with Crippen molar-refractivity contribution < 1.29 is 0 Å². The Bertz CT molecular complexity index is 258. The maximum Gasteiger partial charge on any atom is 0.0360 e. The van der Waals surface area contributed by atoms with E-state index >= 15 is 0 Å². The smallest absolute Gasteiger partial charge is 0.0360 e. The maximum atomic E-state index is 2.68. The van der Waals surface area contributed by atoms with Gasteiger partial charge in [0.15, 0.2) is 0 Å². The first kappa shape index (κ1) is 11.6. The number of benzene rings is 1. The topological polar surface area (TPSA) is 3.24 Å². The Balaban J connectivity index is 0.000000310. The van der Waals surface area contributed by atoms with E-state index in [4.69, 9.17) is 0 Å². The Morgan fingerprint density at radius 2 is 1.38 bits per heavy atom. The second-order valence-electron chi connectivity index (χ2n) is 2.73. The van der Waals surface area contributed by atoms with Crippen molar-refractivity contribution in [3.63, 3.8) is 0 Å². The van der Waals surface area contributed by atoms with Crippen LogP contribution in [0.3, 0.4) is 0 Å². The van der Waals surface area contributed by atoms with Crippen LogP contribution in [-0.4, -0.2) is 14.1 Å². The van der Waals surface area contributed by atoms with E-state index in [9.17, 15) is 0 Å². The van der Waals surface area contributed by atoms with Crippen LogP contribution in [0.15, 0.2) is 30.3 Å². The second-order valence-corrected chi connectivity index (χ2v) is 2.73. The standard InChI is InChI=1S/C8H11N.C4H6/c1-9(2)8-6-4-3-5-7-8;1-3-4-2/h3-7H,1-2H3;1-2H3. The fraction of sp³-hybridized carbons (Fsp3) is 0.333. The number of nitrogens with zero attached hydrogens (tertiary/aromatic N) is 1. The number of rotatable bonds is 1.